The van der Waals surface area contributed by atoms with Crippen molar-refractivity contribution in [2.24, 2.45) is 5.73 Å². The Hall–Kier alpha value is -1.26. The summed E-state index contributed by atoms with van der Waals surface area (Å²) in [5, 5.41) is 7.98. The third-order valence-electron chi connectivity index (χ3n) is 3.09. The van der Waals surface area contributed by atoms with Crippen LogP contribution in [0.15, 0.2) is 18.2 Å². The molecule has 1 aromatic rings. The van der Waals surface area contributed by atoms with Crippen LogP contribution < -0.4 is 10.6 Å². The highest BCUT2D eigenvalue weighted by atomic mass is 35.5. The van der Waals surface area contributed by atoms with E-state index in [0.717, 1.165) is 25.3 Å². The zero-order valence-electron chi connectivity index (χ0n) is 9.74. The van der Waals surface area contributed by atoms with Crippen molar-refractivity contribution < 1.29 is 4.74 Å². The molecule has 1 fully saturated rings. The summed E-state index contributed by atoms with van der Waals surface area (Å²) < 4.78 is 5.36. The molecule has 1 unspecified atom stereocenters. The van der Waals surface area contributed by atoms with Crippen molar-refractivity contribution in [1.82, 2.24) is 0 Å². The second-order valence-electron chi connectivity index (χ2n) is 4.21. The summed E-state index contributed by atoms with van der Waals surface area (Å²) in [5.74, 6) is 0.0327. The number of anilines is 1. The van der Waals surface area contributed by atoms with E-state index in [-0.39, 0.29) is 5.84 Å². The summed E-state index contributed by atoms with van der Waals surface area (Å²) in [4.78, 5) is 2.12. The average Bonchev–Trinajstić information content (AvgIpc) is 2.81. The van der Waals surface area contributed by atoms with Crippen LogP contribution in [0.25, 0.3) is 0 Å². The Morgan fingerprint density at radius 1 is 1.59 bits per heavy atom. The van der Waals surface area contributed by atoms with E-state index in [4.69, 9.17) is 27.5 Å². The molecule has 4 nitrogen and oxygen atoms in total. The topological polar surface area (TPSA) is 62.3 Å². The zero-order valence-corrected chi connectivity index (χ0v) is 10.5. The fourth-order valence-electron chi connectivity index (χ4n) is 1.98. The fraction of sp³-hybridized carbons (Fsp3) is 0.417. The number of nitrogens with zero attached hydrogens (tertiary/aromatic N) is 1. The quantitative estimate of drug-likeness (QED) is 0.638. The second-order valence-corrected chi connectivity index (χ2v) is 4.62. The van der Waals surface area contributed by atoms with Gasteiger partial charge in [-0.3, -0.25) is 5.41 Å². The maximum absolute atomic E-state index is 7.36. The Bertz CT molecular complexity index is 430. The Morgan fingerprint density at radius 3 is 2.88 bits per heavy atom. The Balaban J connectivity index is 2.23. The number of hydrogen-bond donors (Lipinski definition) is 2. The highest BCUT2D eigenvalue weighted by Gasteiger charge is 2.22. The van der Waals surface area contributed by atoms with E-state index >= 15 is 0 Å². The van der Waals surface area contributed by atoms with E-state index in [1.54, 1.807) is 6.07 Å². The van der Waals surface area contributed by atoms with E-state index in [1.165, 1.54) is 0 Å². The van der Waals surface area contributed by atoms with Crippen molar-refractivity contribution in [2.45, 2.75) is 12.5 Å². The number of amidine groups is 1. The van der Waals surface area contributed by atoms with Crippen LogP contribution in [0.3, 0.4) is 0 Å². The Morgan fingerprint density at radius 2 is 2.35 bits per heavy atom. The molecule has 0 saturated carbocycles. The Labute approximate surface area is 106 Å². The van der Waals surface area contributed by atoms with Crippen LogP contribution in [0.4, 0.5) is 5.69 Å². The van der Waals surface area contributed by atoms with Crippen molar-refractivity contribution in [3.05, 3.63) is 28.8 Å². The third-order valence-corrected chi connectivity index (χ3v) is 3.39. The number of benzene rings is 1. The highest BCUT2D eigenvalue weighted by molar-refractivity contribution is 6.33. The second kappa shape index (κ2) is 4.94. The van der Waals surface area contributed by atoms with Gasteiger partial charge in [-0.05, 0) is 24.6 Å². The van der Waals surface area contributed by atoms with Gasteiger partial charge in [-0.1, -0.05) is 11.6 Å². The van der Waals surface area contributed by atoms with Gasteiger partial charge in [0.05, 0.1) is 23.4 Å². The van der Waals surface area contributed by atoms with Gasteiger partial charge in [0, 0.05) is 19.2 Å². The largest absolute Gasteiger partial charge is 0.384 e. The molecule has 0 bridgehead atoms. The molecule has 0 aromatic heterocycles. The average molecular weight is 254 g/mol. The number of nitrogen functional groups attached to an aromatic ring is 1. The molecule has 0 spiro atoms. The molecule has 92 valence electrons. The monoisotopic (exact) mass is 253 g/mol. The number of hydrogen-bond acceptors (Lipinski definition) is 3. The van der Waals surface area contributed by atoms with Gasteiger partial charge in [0.1, 0.15) is 5.84 Å². The fourth-order valence-corrected chi connectivity index (χ4v) is 2.30. The minimum atomic E-state index is 0.0327. The van der Waals surface area contributed by atoms with Crippen molar-refractivity contribution >= 4 is 23.1 Å². The third kappa shape index (κ3) is 2.53. The van der Waals surface area contributed by atoms with Crippen molar-refractivity contribution in [3.63, 3.8) is 0 Å². The molecular formula is C12H16ClN3O. The van der Waals surface area contributed by atoms with Gasteiger partial charge in [0.15, 0.2) is 0 Å². The van der Waals surface area contributed by atoms with Gasteiger partial charge in [-0.25, -0.2) is 0 Å². The summed E-state index contributed by atoms with van der Waals surface area (Å²) >= 11 is 6.21. The van der Waals surface area contributed by atoms with Gasteiger partial charge in [-0.15, -0.1) is 0 Å². The summed E-state index contributed by atoms with van der Waals surface area (Å²) in [5.41, 5.74) is 7.02. The lowest BCUT2D eigenvalue weighted by atomic mass is 10.1. The molecule has 1 aliphatic rings. The summed E-state index contributed by atoms with van der Waals surface area (Å²) in [6, 6.07) is 5.81. The SMILES string of the molecule is CN(c1ccc(C(=N)N)cc1Cl)C1CCOC1. The highest BCUT2D eigenvalue weighted by Crippen LogP contribution is 2.29. The molecule has 1 saturated heterocycles. The molecule has 0 amide bonds. The van der Waals surface area contributed by atoms with Gasteiger partial charge in [0.2, 0.25) is 0 Å². The van der Waals surface area contributed by atoms with Crippen LogP contribution in [-0.4, -0.2) is 32.1 Å². The lowest BCUT2D eigenvalue weighted by Gasteiger charge is -2.26. The molecule has 0 radical (unpaired) electrons. The number of nitrogens with two attached hydrogens (primary N) is 1. The molecule has 3 N–H and O–H groups in total. The van der Waals surface area contributed by atoms with Crippen LogP contribution in [0.1, 0.15) is 12.0 Å². The standard InChI is InChI=1S/C12H16ClN3O/c1-16(9-4-5-17-7-9)11-3-2-8(12(14)15)6-10(11)13/h2-3,6,9H,4-5,7H2,1H3,(H3,14,15). The molecular weight excluding hydrogens is 238 g/mol. The van der Waals surface area contributed by atoms with E-state index in [0.29, 0.717) is 16.6 Å². The molecule has 5 heteroatoms. The van der Waals surface area contributed by atoms with Crippen LogP contribution >= 0.6 is 11.6 Å². The van der Waals surface area contributed by atoms with E-state index < -0.39 is 0 Å². The minimum Gasteiger partial charge on any atom is -0.384 e. The van der Waals surface area contributed by atoms with E-state index in [2.05, 4.69) is 4.90 Å². The summed E-state index contributed by atoms with van der Waals surface area (Å²) in [7, 11) is 2.01. The molecule has 1 heterocycles. The molecule has 2 rings (SSSR count). The van der Waals surface area contributed by atoms with Gasteiger partial charge in [0.25, 0.3) is 0 Å². The lowest BCUT2D eigenvalue weighted by Crippen LogP contribution is -2.32. The first-order valence-corrected chi connectivity index (χ1v) is 5.92. The van der Waals surface area contributed by atoms with Crippen molar-refractivity contribution in [2.75, 3.05) is 25.2 Å². The number of nitrogens with one attached hydrogen (secondary N) is 1. The zero-order chi connectivity index (χ0) is 12.4. The van der Waals surface area contributed by atoms with Gasteiger partial charge in [-0.2, -0.15) is 0 Å². The number of rotatable bonds is 3. The van der Waals surface area contributed by atoms with Crippen molar-refractivity contribution in [1.29, 1.82) is 5.41 Å². The number of likely N-dealkylation sites (N-methyl/N-ethyl adjacent to an activating group) is 1. The summed E-state index contributed by atoms with van der Waals surface area (Å²) in [6.07, 6.45) is 1.02. The van der Waals surface area contributed by atoms with Gasteiger partial charge < -0.3 is 15.4 Å². The maximum Gasteiger partial charge on any atom is 0.122 e. The first-order chi connectivity index (χ1) is 8.09. The van der Waals surface area contributed by atoms with Crippen LogP contribution in [0.2, 0.25) is 5.02 Å². The maximum atomic E-state index is 7.36. The van der Waals surface area contributed by atoms with Crippen LogP contribution in [0, 0.1) is 5.41 Å². The van der Waals surface area contributed by atoms with Gasteiger partial charge >= 0.3 is 0 Å². The van der Waals surface area contributed by atoms with Crippen LogP contribution in [0.5, 0.6) is 0 Å². The molecule has 1 atom stereocenters. The molecule has 1 aliphatic heterocycles. The predicted molar refractivity (Wildman–Crippen MR) is 70.1 cm³/mol. The number of ether oxygens (including phenoxy) is 1. The van der Waals surface area contributed by atoms with E-state index in [9.17, 15) is 0 Å². The molecule has 17 heavy (non-hydrogen) atoms. The van der Waals surface area contributed by atoms with Crippen molar-refractivity contribution in [3.8, 4) is 0 Å². The predicted octanol–water partition coefficient (Wildman–Crippen LogP) is 1.85. The smallest absolute Gasteiger partial charge is 0.122 e. The normalized spacial score (nSPS) is 19.3. The minimum absolute atomic E-state index is 0.0327. The molecule has 0 aliphatic carbocycles. The first kappa shape index (κ1) is 12.2. The summed E-state index contributed by atoms with van der Waals surface area (Å²) in [6.45, 7) is 1.54. The first-order valence-electron chi connectivity index (χ1n) is 5.54. The van der Waals surface area contributed by atoms with E-state index in [1.807, 2.05) is 19.2 Å². The lowest BCUT2D eigenvalue weighted by molar-refractivity contribution is 0.193. The number of halogens is 1. The Kier molecular flexibility index (Phi) is 3.54. The molecule has 1 aromatic carbocycles. The van der Waals surface area contributed by atoms with Crippen LogP contribution in [-0.2, 0) is 4.74 Å².